The smallest absolute Gasteiger partial charge is 0.206 e. The van der Waals surface area contributed by atoms with Crippen LogP contribution < -0.4 is 0 Å². The van der Waals surface area contributed by atoms with Crippen molar-refractivity contribution in [2.75, 3.05) is 0 Å². The Hall–Kier alpha value is -2.08. The molecule has 32 heavy (non-hydrogen) atoms. The molecule has 4 aliphatic rings. The summed E-state index contributed by atoms with van der Waals surface area (Å²) in [6.07, 6.45) is 3.52. The summed E-state index contributed by atoms with van der Waals surface area (Å²) in [5.41, 5.74) is 6.22. The zero-order valence-corrected chi connectivity index (χ0v) is 19.6. The minimum Gasteiger partial charge on any atom is -0.206 e. The lowest BCUT2D eigenvalue weighted by molar-refractivity contribution is 0.224. The van der Waals surface area contributed by atoms with Crippen LogP contribution in [0.5, 0.6) is 0 Å². The maximum atomic E-state index is 14.0. The van der Waals surface area contributed by atoms with Gasteiger partial charge in [0.2, 0.25) is 0 Å². The van der Waals surface area contributed by atoms with Crippen LogP contribution in [0.15, 0.2) is 77.7 Å². The van der Waals surface area contributed by atoms with Crippen molar-refractivity contribution in [1.82, 2.24) is 3.71 Å². The number of fused-ring (bicyclic) bond motifs is 11. The van der Waals surface area contributed by atoms with Crippen molar-refractivity contribution in [3.63, 3.8) is 0 Å². The predicted octanol–water partition coefficient (Wildman–Crippen LogP) is 5.99. The Kier molecular flexibility index (Phi) is 3.94. The monoisotopic (exact) mass is 459 g/mol. The lowest BCUT2D eigenvalue weighted by Gasteiger charge is -2.36. The second kappa shape index (κ2) is 6.49. The molecule has 4 atom stereocenters. The number of sulfonamides is 1. The fraction of sp³-hybridized carbons (Fsp3) is 0.333. The van der Waals surface area contributed by atoms with E-state index in [2.05, 4.69) is 48.5 Å². The quantitative estimate of drug-likeness (QED) is 0.442. The highest BCUT2D eigenvalue weighted by atomic mass is 32.3. The second-order valence-electron chi connectivity index (χ2n) is 9.84. The van der Waals surface area contributed by atoms with Gasteiger partial charge in [-0.05, 0) is 84.4 Å². The highest BCUT2D eigenvalue weighted by molar-refractivity contribution is 8.09. The van der Waals surface area contributed by atoms with Gasteiger partial charge in [-0.15, -0.1) is 3.71 Å². The van der Waals surface area contributed by atoms with Crippen molar-refractivity contribution in [1.29, 1.82) is 0 Å². The standard InChI is InChI=1S/C27H25NO2S2/c1-17-10-14-20(15-11-17)32(29,30)28-26-19-13-12-18(16-19)25(26)27(31-28)23-8-4-2-6-21(23)22-7-3-5-9-24(22)27/h2-11,14-15,18-19,25-26H,12-13,16H2,1H3. The summed E-state index contributed by atoms with van der Waals surface area (Å²) >= 11 is 1.60. The van der Waals surface area contributed by atoms with Gasteiger partial charge in [-0.1, -0.05) is 66.2 Å². The molecule has 1 saturated heterocycles. The van der Waals surface area contributed by atoms with Gasteiger partial charge in [-0.3, -0.25) is 0 Å². The molecule has 5 heteroatoms. The van der Waals surface area contributed by atoms with E-state index in [1.807, 2.05) is 22.8 Å². The van der Waals surface area contributed by atoms with Gasteiger partial charge in [0.15, 0.2) is 0 Å². The summed E-state index contributed by atoms with van der Waals surface area (Å²) in [4.78, 5) is 0.411. The first-order valence-electron chi connectivity index (χ1n) is 11.5. The molecule has 0 aromatic heterocycles. The molecule has 2 saturated carbocycles. The SMILES string of the molecule is Cc1ccc(S(=O)(=O)N2SC3(c4ccccc4-c4ccccc43)C3C4CCC(C4)C32)cc1. The summed E-state index contributed by atoms with van der Waals surface area (Å²) in [5, 5.41) is 0. The lowest BCUT2D eigenvalue weighted by Crippen LogP contribution is -2.41. The number of hydrogen-bond acceptors (Lipinski definition) is 3. The van der Waals surface area contributed by atoms with Crippen LogP contribution in [0, 0.1) is 24.7 Å². The average molecular weight is 460 g/mol. The number of benzene rings is 3. The average Bonchev–Trinajstić information content (AvgIpc) is 3.56. The largest absolute Gasteiger partial charge is 0.252 e. The van der Waals surface area contributed by atoms with Crippen molar-refractivity contribution >= 4 is 22.0 Å². The molecular formula is C27H25NO2S2. The van der Waals surface area contributed by atoms with Crippen molar-refractivity contribution in [2.24, 2.45) is 17.8 Å². The van der Waals surface area contributed by atoms with Gasteiger partial charge in [0.25, 0.3) is 10.0 Å². The van der Waals surface area contributed by atoms with Gasteiger partial charge in [-0.25, -0.2) is 8.42 Å². The van der Waals surface area contributed by atoms with E-state index in [0.29, 0.717) is 22.6 Å². The topological polar surface area (TPSA) is 37.4 Å². The van der Waals surface area contributed by atoms with Crippen LogP contribution in [0.2, 0.25) is 0 Å². The van der Waals surface area contributed by atoms with E-state index in [4.69, 9.17) is 0 Å². The zero-order chi connectivity index (χ0) is 21.7. The van der Waals surface area contributed by atoms with Crippen LogP contribution in [-0.4, -0.2) is 18.2 Å². The number of nitrogens with zero attached hydrogens (tertiary/aromatic N) is 1. The summed E-state index contributed by atoms with van der Waals surface area (Å²) in [5.74, 6) is 1.35. The van der Waals surface area contributed by atoms with E-state index in [9.17, 15) is 8.42 Å². The van der Waals surface area contributed by atoms with Crippen molar-refractivity contribution in [3.05, 3.63) is 89.5 Å². The summed E-state index contributed by atoms with van der Waals surface area (Å²) < 4.78 is 29.6. The maximum Gasteiger partial charge on any atom is 0.252 e. The van der Waals surface area contributed by atoms with E-state index < -0.39 is 10.0 Å². The third-order valence-electron chi connectivity index (χ3n) is 8.32. The zero-order valence-electron chi connectivity index (χ0n) is 17.9. The first-order valence-corrected chi connectivity index (χ1v) is 13.7. The molecular weight excluding hydrogens is 434 g/mol. The van der Waals surface area contributed by atoms with Crippen LogP contribution in [0.1, 0.15) is 36.0 Å². The van der Waals surface area contributed by atoms with Gasteiger partial charge < -0.3 is 0 Å². The van der Waals surface area contributed by atoms with Crippen LogP contribution in [0.3, 0.4) is 0 Å². The van der Waals surface area contributed by atoms with Crippen molar-refractivity contribution in [2.45, 2.75) is 41.9 Å². The fourth-order valence-corrected chi connectivity index (χ4v) is 11.1. The van der Waals surface area contributed by atoms with E-state index in [0.717, 1.165) is 18.4 Å². The Balaban J connectivity index is 1.47. The van der Waals surface area contributed by atoms with Crippen LogP contribution >= 0.6 is 11.9 Å². The molecule has 0 N–H and O–H groups in total. The lowest BCUT2D eigenvalue weighted by atomic mass is 9.72. The molecule has 162 valence electrons. The molecule has 3 aliphatic carbocycles. The van der Waals surface area contributed by atoms with E-state index in [1.54, 1.807) is 24.1 Å². The Morgan fingerprint density at radius 1 is 0.844 bits per heavy atom. The third kappa shape index (κ3) is 2.29. The minimum atomic E-state index is -3.60. The molecule has 2 bridgehead atoms. The van der Waals surface area contributed by atoms with Crippen LogP contribution in [0.25, 0.3) is 11.1 Å². The normalized spacial score (nSPS) is 29.3. The summed E-state index contributed by atoms with van der Waals surface area (Å²) in [6.45, 7) is 1.99. The van der Waals surface area contributed by atoms with Crippen molar-refractivity contribution in [3.8, 4) is 11.1 Å². The molecule has 4 unspecified atom stereocenters. The van der Waals surface area contributed by atoms with Gasteiger partial charge in [0, 0.05) is 12.0 Å². The van der Waals surface area contributed by atoms with Crippen LogP contribution in [0.4, 0.5) is 0 Å². The molecule has 0 amide bonds. The van der Waals surface area contributed by atoms with Gasteiger partial charge in [0.1, 0.15) is 0 Å². The molecule has 3 nitrogen and oxygen atoms in total. The summed E-state index contributed by atoms with van der Waals surface area (Å²) in [7, 11) is -3.60. The van der Waals surface area contributed by atoms with E-state index >= 15 is 0 Å². The Labute approximate surface area is 194 Å². The van der Waals surface area contributed by atoms with Gasteiger partial charge in [-0.2, -0.15) is 0 Å². The number of rotatable bonds is 2. The van der Waals surface area contributed by atoms with Gasteiger partial charge in [0.05, 0.1) is 9.64 Å². The Morgan fingerprint density at radius 2 is 1.44 bits per heavy atom. The summed E-state index contributed by atoms with van der Waals surface area (Å²) in [6, 6.07) is 24.8. The van der Waals surface area contributed by atoms with E-state index in [-0.39, 0.29) is 10.8 Å². The number of aryl methyl sites for hydroxylation is 1. The molecule has 1 spiro atoms. The second-order valence-corrected chi connectivity index (χ2v) is 13.1. The maximum absolute atomic E-state index is 14.0. The predicted molar refractivity (Wildman–Crippen MR) is 129 cm³/mol. The molecule has 1 heterocycles. The number of hydrogen-bond donors (Lipinski definition) is 0. The highest BCUT2D eigenvalue weighted by Gasteiger charge is 2.69. The molecule has 3 fully saturated rings. The molecule has 7 rings (SSSR count). The van der Waals surface area contributed by atoms with Crippen molar-refractivity contribution < 1.29 is 8.42 Å². The fourth-order valence-electron chi connectivity index (χ4n) is 7.11. The Bertz CT molecular complexity index is 1300. The molecule has 3 aromatic carbocycles. The molecule has 0 radical (unpaired) electrons. The first kappa shape index (κ1) is 19.4. The third-order valence-corrected chi connectivity index (χ3v) is 12.1. The van der Waals surface area contributed by atoms with Crippen LogP contribution in [-0.2, 0) is 14.8 Å². The first-order chi connectivity index (χ1) is 15.5. The highest BCUT2D eigenvalue weighted by Crippen LogP contribution is 2.73. The van der Waals surface area contributed by atoms with Gasteiger partial charge >= 0.3 is 0 Å². The minimum absolute atomic E-state index is 0.0595. The molecule has 1 aliphatic heterocycles. The molecule has 3 aromatic rings. The van der Waals surface area contributed by atoms with E-state index in [1.165, 1.54) is 28.7 Å². The Morgan fingerprint density at radius 3 is 2.09 bits per heavy atom.